The second-order valence-corrected chi connectivity index (χ2v) is 4.65. The number of aromatic nitrogens is 2. The van der Waals surface area contributed by atoms with Crippen LogP contribution in [-0.2, 0) is 0 Å². The number of aryl methyl sites for hydroxylation is 1. The van der Waals surface area contributed by atoms with Crippen LogP contribution in [0.25, 0.3) is 22.4 Å². The van der Waals surface area contributed by atoms with Crippen LogP contribution in [0, 0.1) is 6.92 Å². The largest absolute Gasteiger partial charge is 0.453 e. The van der Waals surface area contributed by atoms with Crippen LogP contribution < -0.4 is 5.32 Å². The second-order valence-electron chi connectivity index (χ2n) is 4.24. The number of nitrogens with zero attached hydrogens (tertiary/aromatic N) is 2. The number of rotatable bonds is 2. The number of furan rings is 1. The maximum absolute atomic E-state index is 6.12. The number of fused-ring (bicyclic) bond motifs is 1. The first-order valence-corrected chi connectivity index (χ1v) is 6.26. The fourth-order valence-electron chi connectivity index (χ4n) is 1.96. The summed E-state index contributed by atoms with van der Waals surface area (Å²) in [6.07, 6.45) is 1.77. The van der Waals surface area contributed by atoms with Crippen molar-refractivity contribution in [2.45, 2.75) is 6.92 Å². The van der Waals surface area contributed by atoms with E-state index >= 15 is 0 Å². The van der Waals surface area contributed by atoms with Crippen LogP contribution in [0.2, 0.25) is 5.02 Å². The molecule has 5 heteroatoms. The van der Waals surface area contributed by atoms with Gasteiger partial charge in [-0.3, -0.25) is 0 Å². The number of hydrogen-bond donors (Lipinski definition) is 1. The minimum absolute atomic E-state index is 0.562. The van der Waals surface area contributed by atoms with Gasteiger partial charge in [-0.2, -0.15) is 0 Å². The lowest BCUT2D eigenvalue weighted by molar-refractivity contribution is 0.628. The van der Waals surface area contributed by atoms with Crippen molar-refractivity contribution < 1.29 is 4.42 Å². The molecule has 96 valence electrons. The monoisotopic (exact) mass is 273 g/mol. The normalized spacial score (nSPS) is 10.9. The summed E-state index contributed by atoms with van der Waals surface area (Å²) in [5.74, 6) is 1.26. The van der Waals surface area contributed by atoms with E-state index < -0.39 is 0 Å². The van der Waals surface area contributed by atoms with Gasteiger partial charge in [0.1, 0.15) is 5.69 Å². The molecule has 1 aromatic carbocycles. The summed E-state index contributed by atoms with van der Waals surface area (Å²) in [5.41, 5.74) is 2.41. The number of benzene rings is 1. The summed E-state index contributed by atoms with van der Waals surface area (Å²) >= 11 is 6.12. The Labute approximate surface area is 115 Å². The first-order valence-electron chi connectivity index (χ1n) is 5.89. The lowest BCUT2D eigenvalue weighted by Gasteiger charge is -2.03. The number of nitrogens with one attached hydrogen (secondary N) is 1. The molecule has 0 spiro atoms. The van der Waals surface area contributed by atoms with Crippen LogP contribution in [0.3, 0.4) is 0 Å². The Hall–Kier alpha value is -2.07. The van der Waals surface area contributed by atoms with Gasteiger partial charge in [0.25, 0.3) is 0 Å². The Balaban J connectivity index is 2.21. The first-order chi connectivity index (χ1) is 9.19. The van der Waals surface area contributed by atoms with Crippen LogP contribution in [0.15, 0.2) is 34.9 Å². The molecule has 0 saturated carbocycles. The minimum Gasteiger partial charge on any atom is -0.453 e. The van der Waals surface area contributed by atoms with Crippen molar-refractivity contribution in [1.82, 2.24) is 9.97 Å². The van der Waals surface area contributed by atoms with Crippen molar-refractivity contribution >= 4 is 28.5 Å². The van der Waals surface area contributed by atoms with E-state index in [1.54, 1.807) is 13.2 Å². The molecule has 0 bridgehead atoms. The van der Waals surface area contributed by atoms with Crippen LogP contribution in [0.5, 0.6) is 0 Å². The molecule has 4 nitrogen and oxygen atoms in total. The van der Waals surface area contributed by atoms with Gasteiger partial charge in [-0.05, 0) is 24.6 Å². The molecule has 1 N–H and O–H groups in total. The third-order valence-electron chi connectivity index (χ3n) is 2.92. The molecule has 0 aliphatic rings. The van der Waals surface area contributed by atoms with E-state index in [4.69, 9.17) is 16.0 Å². The molecule has 3 aromatic rings. The molecule has 0 radical (unpaired) electrons. The van der Waals surface area contributed by atoms with Gasteiger partial charge >= 0.3 is 0 Å². The van der Waals surface area contributed by atoms with Gasteiger partial charge < -0.3 is 9.73 Å². The molecule has 19 heavy (non-hydrogen) atoms. The first kappa shape index (κ1) is 12.0. The maximum atomic E-state index is 6.12. The zero-order valence-corrected chi connectivity index (χ0v) is 11.3. The highest BCUT2D eigenvalue weighted by atomic mass is 35.5. The summed E-state index contributed by atoms with van der Waals surface area (Å²) in [4.78, 5) is 8.59. The van der Waals surface area contributed by atoms with Gasteiger partial charge in [0.05, 0.1) is 5.02 Å². The number of para-hydroxylation sites is 1. The number of anilines is 1. The molecule has 2 heterocycles. The molecule has 0 saturated heterocycles. The van der Waals surface area contributed by atoms with E-state index in [0.29, 0.717) is 22.3 Å². The van der Waals surface area contributed by atoms with Crippen molar-refractivity contribution in [3.63, 3.8) is 0 Å². The molecule has 0 aliphatic carbocycles. The van der Waals surface area contributed by atoms with Crippen LogP contribution >= 0.6 is 11.6 Å². The molecule has 0 unspecified atom stereocenters. The molecule has 0 aliphatic heterocycles. The zero-order chi connectivity index (χ0) is 13.4. The zero-order valence-electron chi connectivity index (χ0n) is 10.6. The van der Waals surface area contributed by atoms with Crippen LogP contribution in [-0.4, -0.2) is 17.0 Å². The molecule has 0 atom stereocenters. The van der Waals surface area contributed by atoms with Crippen molar-refractivity contribution in [2.24, 2.45) is 0 Å². The maximum Gasteiger partial charge on any atom is 0.223 e. The van der Waals surface area contributed by atoms with Crippen molar-refractivity contribution in [2.75, 3.05) is 12.4 Å². The Morgan fingerprint density at radius 3 is 2.89 bits per heavy atom. The Morgan fingerprint density at radius 2 is 2.16 bits per heavy atom. The number of hydrogen-bond acceptors (Lipinski definition) is 4. The van der Waals surface area contributed by atoms with E-state index in [2.05, 4.69) is 15.3 Å². The van der Waals surface area contributed by atoms with Crippen molar-refractivity contribution in [3.8, 4) is 11.5 Å². The highest BCUT2D eigenvalue weighted by molar-refractivity contribution is 6.34. The Bertz CT molecular complexity index is 752. The highest BCUT2D eigenvalue weighted by Gasteiger charge is 2.13. The van der Waals surface area contributed by atoms with Gasteiger partial charge in [0.2, 0.25) is 5.95 Å². The quantitative estimate of drug-likeness (QED) is 0.769. The van der Waals surface area contributed by atoms with E-state index in [0.717, 1.165) is 16.6 Å². The second kappa shape index (κ2) is 4.55. The van der Waals surface area contributed by atoms with Gasteiger partial charge in [-0.1, -0.05) is 23.7 Å². The fraction of sp³-hybridized carbons (Fsp3) is 0.143. The lowest BCUT2D eigenvalue weighted by atomic mass is 10.2. The van der Waals surface area contributed by atoms with E-state index in [1.165, 1.54) is 0 Å². The lowest BCUT2D eigenvalue weighted by Crippen LogP contribution is -1.98. The average molecular weight is 274 g/mol. The van der Waals surface area contributed by atoms with Crippen molar-refractivity contribution in [1.29, 1.82) is 0 Å². The van der Waals surface area contributed by atoms with Gasteiger partial charge in [-0.25, -0.2) is 9.97 Å². The van der Waals surface area contributed by atoms with Gasteiger partial charge in [-0.15, -0.1) is 0 Å². The molecule has 0 amide bonds. The predicted molar refractivity (Wildman–Crippen MR) is 76.5 cm³/mol. The fourth-order valence-corrected chi connectivity index (χ4v) is 2.18. The average Bonchev–Trinajstić information content (AvgIpc) is 2.84. The third kappa shape index (κ3) is 2.04. The molecule has 0 fully saturated rings. The van der Waals surface area contributed by atoms with Crippen LogP contribution in [0.1, 0.15) is 5.56 Å². The highest BCUT2D eigenvalue weighted by Crippen LogP contribution is 2.32. The van der Waals surface area contributed by atoms with E-state index in [1.807, 2.05) is 31.2 Å². The molecule has 3 rings (SSSR count). The van der Waals surface area contributed by atoms with Crippen molar-refractivity contribution in [3.05, 3.63) is 41.0 Å². The molecular formula is C14H12ClN3O. The minimum atomic E-state index is 0.562. The number of halogens is 1. The topological polar surface area (TPSA) is 51.0 Å². The summed E-state index contributed by atoms with van der Waals surface area (Å²) in [6, 6.07) is 7.61. The molecule has 2 aromatic heterocycles. The predicted octanol–water partition coefficient (Wildman–Crippen LogP) is 3.89. The summed E-state index contributed by atoms with van der Waals surface area (Å²) < 4.78 is 5.82. The van der Waals surface area contributed by atoms with Gasteiger partial charge in [0.15, 0.2) is 11.3 Å². The van der Waals surface area contributed by atoms with E-state index in [9.17, 15) is 0 Å². The summed E-state index contributed by atoms with van der Waals surface area (Å²) in [7, 11) is 1.78. The smallest absolute Gasteiger partial charge is 0.223 e. The Kier molecular flexibility index (Phi) is 2.87. The third-order valence-corrected chi connectivity index (χ3v) is 3.22. The van der Waals surface area contributed by atoms with E-state index in [-0.39, 0.29) is 0 Å². The van der Waals surface area contributed by atoms with Crippen LogP contribution in [0.4, 0.5) is 5.95 Å². The summed E-state index contributed by atoms with van der Waals surface area (Å²) in [6.45, 7) is 1.95. The standard InChI is InChI=1S/C14H12ClN3O/c1-8-7-17-14(16-2)18-12(8)11-6-9-4-3-5-10(15)13(9)19-11/h3-7H,1-2H3,(H,16,17,18). The molecular weight excluding hydrogens is 262 g/mol. The SMILES string of the molecule is CNc1ncc(C)c(-c2cc3cccc(Cl)c3o2)n1. The summed E-state index contributed by atoms with van der Waals surface area (Å²) in [5, 5.41) is 4.49. The van der Waals surface area contributed by atoms with Gasteiger partial charge in [0, 0.05) is 18.6 Å². The Morgan fingerprint density at radius 1 is 1.32 bits per heavy atom.